The zero-order chi connectivity index (χ0) is 34.6. The van der Waals surface area contributed by atoms with Crippen molar-refractivity contribution in [2.24, 2.45) is 0 Å². The molecule has 0 radical (unpaired) electrons. The number of hydrogen-bond donors (Lipinski definition) is 1. The summed E-state index contributed by atoms with van der Waals surface area (Å²) in [7, 11) is 0. The fourth-order valence-corrected chi connectivity index (χ4v) is 9.29. The van der Waals surface area contributed by atoms with Crippen LogP contribution in [-0.2, 0) is 0 Å². The lowest BCUT2D eigenvalue weighted by atomic mass is 9.94. The minimum atomic E-state index is 1.08. The molecular weight excluding hydrogens is 639 g/mol. The Labute approximate surface area is 306 Å². The third-order valence-corrected chi connectivity index (χ3v) is 11.7. The van der Waals surface area contributed by atoms with Crippen LogP contribution in [-0.4, -0.2) is 0 Å². The lowest BCUT2D eigenvalue weighted by Crippen LogP contribution is -1.93. The zero-order valence-electron chi connectivity index (χ0n) is 28.8. The largest absolute Gasteiger partial charge is 0.355 e. The number of para-hydroxylation sites is 2. The Kier molecular flexibility index (Phi) is 5.84. The molecule has 0 fully saturated rings. The van der Waals surface area contributed by atoms with Crippen molar-refractivity contribution in [1.82, 2.24) is 0 Å². The van der Waals surface area contributed by atoms with E-state index in [1.165, 1.54) is 108 Å². The number of fused-ring (bicyclic) bond motifs is 10. The van der Waals surface area contributed by atoms with Gasteiger partial charge >= 0.3 is 0 Å². The van der Waals surface area contributed by atoms with Crippen LogP contribution in [0.4, 0.5) is 11.4 Å². The topological polar surface area (TPSA) is 12.0 Å². The van der Waals surface area contributed by atoms with Crippen LogP contribution >= 0.6 is 0 Å². The molecule has 12 aromatic rings. The second-order valence-electron chi connectivity index (χ2n) is 14.5. The van der Waals surface area contributed by atoms with E-state index in [0.717, 1.165) is 11.4 Å². The Morgan fingerprint density at radius 2 is 0.774 bits per heavy atom. The van der Waals surface area contributed by atoms with Gasteiger partial charge in [0.2, 0.25) is 0 Å². The van der Waals surface area contributed by atoms with Gasteiger partial charge in [-0.1, -0.05) is 133 Å². The summed E-state index contributed by atoms with van der Waals surface area (Å²) in [5.74, 6) is 0. The molecule has 0 aliphatic heterocycles. The van der Waals surface area contributed by atoms with Crippen molar-refractivity contribution < 1.29 is 0 Å². The van der Waals surface area contributed by atoms with Crippen LogP contribution in [0.5, 0.6) is 0 Å². The van der Waals surface area contributed by atoms with Crippen LogP contribution in [0, 0.1) is 0 Å². The molecule has 0 aliphatic carbocycles. The van der Waals surface area contributed by atoms with Crippen molar-refractivity contribution in [1.29, 1.82) is 0 Å². The maximum absolute atomic E-state index is 3.60. The summed E-state index contributed by atoms with van der Waals surface area (Å²) >= 11 is 0. The lowest BCUT2D eigenvalue weighted by molar-refractivity contribution is 1.53. The monoisotopic (exact) mass is 669 g/mol. The summed E-state index contributed by atoms with van der Waals surface area (Å²) in [6.45, 7) is 0. The van der Waals surface area contributed by atoms with Gasteiger partial charge in [-0.2, -0.15) is 0 Å². The van der Waals surface area contributed by atoms with E-state index >= 15 is 0 Å². The van der Waals surface area contributed by atoms with Crippen LogP contribution in [0.15, 0.2) is 182 Å². The molecule has 1 heteroatoms. The molecule has 0 spiro atoms. The number of benzene rings is 10. The first-order valence-corrected chi connectivity index (χ1v) is 18.4. The highest BCUT2D eigenvalue weighted by molar-refractivity contribution is 6.39. The minimum absolute atomic E-state index is 1.08. The van der Waals surface area contributed by atoms with Gasteiger partial charge in [-0.25, -0.2) is 0 Å². The molecule has 0 atom stereocenters. The lowest BCUT2D eigenvalue weighted by Gasteiger charge is -2.13. The van der Waals surface area contributed by atoms with E-state index in [9.17, 15) is 0 Å². The summed E-state index contributed by atoms with van der Waals surface area (Å²) in [6, 6.07) is 67.2. The highest BCUT2D eigenvalue weighted by Gasteiger charge is 2.19. The standard InChI is InChI=1S/C52H31N/c1-2-10-36(11-3-1)53-50-19-7-6-12-37(50)32-22-20-31(21-23-32)33-24-25-34-27-49-47-30-45-35(28-46(47)43-18-9-16-41(52(43)49)44(34)26-33)29-48-39-14-5-4-13-38(39)40-15-8-17-42(45)51(40)48/h1-30,53H. The van der Waals surface area contributed by atoms with Crippen LogP contribution in [0.2, 0.25) is 0 Å². The van der Waals surface area contributed by atoms with Crippen LogP contribution in [0.25, 0.3) is 108 Å². The van der Waals surface area contributed by atoms with Gasteiger partial charge in [-0.3, -0.25) is 0 Å². The van der Waals surface area contributed by atoms with Crippen molar-refractivity contribution in [3.8, 4) is 22.3 Å². The summed E-state index contributed by atoms with van der Waals surface area (Å²) in [4.78, 5) is 0. The average Bonchev–Trinajstić information content (AvgIpc) is 3.71. The summed E-state index contributed by atoms with van der Waals surface area (Å²) in [5.41, 5.74) is 7.00. The van der Waals surface area contributed by atoms with Crippen molar-refractivity contribution in [2.45, 2.75) is 0 Å². The Balaban J connectivity index is 1.01. The Morgan fingerprint density at radius 1 is 0.264 bits per heavy atom. The molecule has 12 rings (SSSR count). The van der Waals surface area contributed by atoms with E-state index in [0.29, 0.717) is 0 Å². The zero-order valence-corrected chi connectivity index (χ0v) is 28.8. The minimum Gasteiger partial charge on any atom is -0.355 e. The van der Waals surface area contributed by atoms with E-state index in [2.05, 4.69) is 181 Å². The molecule has 244 valence electrons. The van der Waals surface area contributed by atoms with Gasteiger partial charge in [0.25, 0.3) is 0 Å². The van der Waals surface area contributed by atoms with Crippen molar-refractivity contribution in [2.75, 3.05) is 5.32 Å². The molecular formula is C52H31N. The van der Waals surface area contributed by atoms with Gasteiger partial charge in [-0.15, -0.1) is 0 Å². The van der Waals surface area contributed by atoms with Gasteiger partial charge < -0.3 is 5.32 Å². The van der Waals surface area contributed by atoms with Gasteiger partial charge in [0.15, 0.2) is 0 Å². The molecule has 0 aromatic heterocycles. The maximum Gasteiger partial charge on any atom is 0.0463 e. The molecule has 1 nitrogen and oxygen atoms in total. The Morgan fingerprint density at radius 3 is 1.55 bits per heavy atom. The van der Waals surface area contributed by atoms with Gasteiger partial charge in [0.1, 0.15) is 0 Å². The van der Waals surface area contributed by atoms with Crippen molar-refractivity contribution in [3.63, 3.8) is 0 Å². The molecule has 1 N–H and O–H groups in total. The molecule has 0 saturated heterocycles. The first-order valence-electron chi connectivity index (χ1n) is 18.4. The third kappa shape index (κ3) is 4.14. The van der Waals surface area contributed by atoms with Gasteiger partial charge in [0, 0.05) is 16.9 Å². The SMILES string of the molecule is c1ccc(Nc2ccccc2-c2ccc(-c3ccc4cc5c6cc7c(cc6c6cccc(c4c3)c65)cc3c4ccccc4c4cccc7c43)cc2)cc1. The molecule has 0 aliphatic rings. The summed E-state index contributed by atoms with van der Waals surface area (Å²) < 4.78 is 0. The van der Waals surface area contributed by atoms with E-state index in [4.69, 9.17) is 0 Å². The molecule has 0 bridgehead atoms. The first-order chi connectivity index (χ1) is 26.3. The van der Waals surface area contributed by atoms with Crippen molar-refractivity contribution >= 4 is 97.6 Å². The number of anilines is 2. The Hall–Kier alpha value is -6.96. The molecule has 12 aromatic carbocycles. The normalized spacial score (nSPS) is 12.2. The van der Waals surface area contributed by atoms with Crippen LogP contribution < -0.4 is 5.32 Å². The summed E-state index contributed by atoms with van der Waals surface area (Å²) in [5, 5.41) is 24.9. The van der Waals surface area contributed by atoms with Gasteiger partial charge in [-0.05, 0) is 151 Å². The quantitative estimate of drug-likeness (QED) is 0.184. The number of rotatable bonds is 4. The fraction of sp³-hybridized carbons (Fsp3) is 0. The van der Waals surface area contributed by atoms with E-state index in [1.54, 1.807) is 0 Å². The van der Waals surface area contributed by atoms with Gasteiger partial charge in [0.05, 0.1) is 0 Å². The first kappa shape index (κ1) is 28.7. The molecule has 0 amide bonds. The van der Waals surface area contributed by atoms with E-state index in [-0.39, 0.29) is 0 Å². The summed E-state index contributed by atoms with van der Waals surface area (Å²) in [6.07, 6.45) is 0. The van der Waals surface area contributed by atoms with Crippen molar-refractivity contribution in [3.05, 3.63) is 182 Å². The highest BCUT2D eigenvalue weighted by atomic mass is 14.9. The van der Waals surface area contributed by atoms with E-state index in [1.807, 2.05) is 6.07 Å². The predicted octanol–water partition coefficient (Wildman–Crippen LogP) is 14.9. The molecule has 0 saturated carbocycles. The number of hydrogen-bond acceptors (Lipinski definition) is 1. The molecule has 0 unspecified atom stereocenters. The fourth-order valence-electron chi connectivity index (χ4n) is 9.29. The van der Waals surface area contributed by atoms with Crippen LogP contribution in [0.3, 0.4) is 0 Å². The average molecular weight is 670 g/mol. The predicted molar refractivity (Wildman–Crippen MR) is 229 cm³/mol. The second-order valence-corrected chi connectivity index (χ2v) is 14.5. The second kappa shape index (κ2) is 10.8. The molecule has 53 heavy (non-hydrogen) atoms. The molecule has 0 heterocycles. The Bertz CT molecular complexity index is 3390. The smallest absolute Gasteiger partial charge is 0.0463 e. The maximum atomic E-state index is 3.60. The highest BCUT2D eigenvalue weighted by Crippen LogP contribution is 2.47. The number of nitrogens with one attached hydrogen (secondary N) is 1. The third-order valence-electron chi connectivity index (χ3n) is 11.7. The van der Waals surface area contributed by atoms with E-state index < -0.39 is 0 Å². The van der Waals surface area contributed by atoms with Crippen LogP contribution in [0.1, 0.15) is 0 Å².